The molecule has 2 aliphatic rings. The van der Waals surface area contributed by atoms with Crippen LogP contribution in [0, 0.1) is 0 Å². The van der Waals surface area contributed by atoms with Crippen molar-refractivity contribution in [3.05, 3.63) is 48.0 Å². The smallest absolute Gasteiger partial charge is 0.242 e. The van der Waals surface area contributed by atoms with E-state index in [-0.39, 0.29) is 23.6 Å². The van der Waals surface area contributed by atoms with Gasteiger partial charge in [-0.05, 0) is 42.7 Å². The number of ether oxygens (including phenoxy) is 2. The predicted octanol–water partition coefficient (Wildman–Crippen LogP) is 3.90. The van der Waals surface area contributed by atoms with E-state index in [0.717, 1.165) is 42.1 Å². The Labute approximate surface area is 181 Å². The van der Waals surface area contributed by atoms with Gasteiger partial charge in [0.15, 0.2) is 11.5 Å². The maximum atomic E-state index is 13.3. The number of rotatable bonds is 5. The molecule has 0 aliphatic carbocycles. The summed E-state index contributed by atoms with van der Waals surface area (Å²) < 4.78 is 10.8. The fourth-order valence-electron chi connectivity index (χ4n) is 3.99. The molecule has 0 radical (unpaired) electrons. The Morgan fingerprint density at radius 2 is 1.80 bits per heavy atom. The summed E-state index contributed by atoms with van der Waals surface area (Å²) in [6.07, 6.45) is 2.38. The minimum absolute atomic E-state index is 0.0187. The van der Waals surface area contributed by atoms with Crippen molar-refractivity contribution in [2.24, 2.45) is 0 Å². The average Bonchev–Trinajstić information content (AvgIpc) is 3.27. The summed E-state index contributed by atoms with van der Waals surface area (Å²) in [5.74, 6) is 1.27. The Hall–Kier alpha value is -2.67. The van der Waals surface area contributed by atoms with Gasteiger partial charge < -0.3 is 19.3 Å². The first-order chi connectivity index (χ1) is 14.6. The van der Waals surface area contributed by atoms with Crippen molar-refractivity contribution in [3.63, 3.8) is 0 Å². The first kappa shape index (κ1) is 20.6. The van der Waals surface area contributed by atoms with E-state index >= 15 is 0 Å². The van der Waals surface area contributed by atoms with E-state index < -0.39 is 0 Å². The maximum Gasteiger partial charge on any atom is 0.242 e. The number of fused-ring (bicyclic) bond motifs is 1. The molecule has 1 atom stereocenters. The summed E-state index contributed by atoms with van der Waals surface area (Å²) in [6.45, 7) is 1.66. The molecule has 0 spiro atoms. The Morgan fingerprint density at radius 3 is 2.53 bits per heavy atom. The molecule has 1 fully saturated rings. The Morgan fingerprint density at radius 1 is 1.07 bits per heavy atom. The number of hydrogen-bond acceptors (Lipinski definition) is 5. The number of likely N-dealkylation sites (tertiary alicyclic amines) is 1. The molecule has 1 unspecified atom stereocenters. The molecule has 2 aromatic carbocycles. The third-order valence-corrected chi connectivity index (χ3v) is 6.94. The second kappa shape index (κ2) is 9.00. The lowest BCUT2D eigenvalue weighted by atomic mass is 10.1. The largest absolute Gasteiger partial charge is 0.493 e. The molecule has 2 heterocycles. The van der Waals surface area contributed by atoms with Crippen molar-refractivity contribution < 1.29 is 19.1 Å². The summed E-state index contributed by atoms with van der Waals surface area (Å²) in [4.78, 5) is 30.6. The highest BCUT2D eigenvalue weighted by Crippen LogP contribution is 2.46. The lowest BCUT2D eigenvalue weighted by molar-refractivity contribution is -0.130. The summed E-state index contributed by atoms with van der Waals surface area (Å²) >= 11 is 1.65. The summed E-state index contributed by atoms with van der Waals surface area (Å²) in [7, 11) is 3.21. The van der Waals surface area contributed by atoms with Gasteiger partial charge in [-0.1, -0.05) is 18.2 Å². The van der Waals surface area contributed by atoms with E-state index in [1.165, 1.54) is 0 Å². The average molecular weight is 427 g/mol. The fourth-order valence-corrected chi connectivity index (χ4v) is 5.26. The van der Waals surface area contributed by atoms with E-state index in [2.05, 4.69) is 0 Å². The molecule has 4 rings (SSSR count). The highest BCUT2D eigenvalue weighted by molar-refractivity contribution is 7.99. The van der Waals surface area contributed by atoms with Crippen LogP contribution in [0.25, 0.3) is 0 Å². The molecule has 2 aliphatic heterocycles. The summed E-state index contributed by atoms with van der Waals surface area (Å²) in [6, 6.07) is 13.6. The highest BCUT2D eigenvalue weighted by atomic mass is 32.2. The van der Waals surface area contributed by atoms with Gasteiger partial charge in [0.25, 0.3) is 0 Å². The van der Waals surface area contributed by atoms with Crippen molar-refractivity contribution >= 4 is 29.3 Å². The van der Waals surface area contributed by atoms with Crippen LogP contribution in [0.5, 0.6) is 11.5 Å². The number of amides is 2. The minimum atomic E-state index is -0.0784. The maximum absolute atomic E-state index is 13.3. The molecule has 7 heteroatoms. The van der Waals surface area contributed by atoms with Crippen LogP contribution in [-0.2, 0) is 9.59 Å². The fraction of sp³-hybridized carbons (Fsp3) is 0.391. The van der Waals surface area contributed by atoms with E-state index in [0.29, 0.717) is 17.9 Å². The Kier molecular flexibility index (Phi) is 6.18. The van der Waals surface area contributed by atoms with Gasteiger partial charge in [-0.3, -0.25) is 9.59 Å². The lowest BCUT2D eigenvalue weighted by Crippen LogP contribution is -2.42. The van der Waals surface area contributed by atoms with Crippen molar-refractivity contribution in [2.45, 2.75) is 29.4 Å². The molecule has 0 saturated carbocycles. The van der Waals surface area contributed by atoms with Gasteiger partial charge in [0.2, 0.25) is 11.8 Å². The third-order valence-electron chi connectivity index (χ3n) is 5.62. The summed E-state index contributed by atoms with van der Waals surface area (Å²) in [5.41, 5.74) is 1.80. The lowest BCUT2D eigenvalue weighted by Gasteiger charge is -2.25. The third kappa shape index (κ3) is 4.12. The molecule has 158 valence electrons. The van der Waals surface area contributed by atoms with Crippen molar-refractivity contribution in [3.8, 4) is 11.5 Å². The van der Waals surface area contributed by atoms with Crippen LogP contribution in [0.4, 0.5) is 5.69 Å². The number of thioether (sulfide) groups is 1. The highest BCUT2D eigenvalue weighted by Gasteiger charge is 2.32. The monoisotopic (exact) mass is 426 g/mol. The van der Waals surface area contributed by atoms with Gasteiger partial charge in [-0.2, -0.15) is 0 Å². The molecule has 2 aromatic rings. The SMILES string of the molecule is COc1ccc(C2CC(=O)N(CC(=O)N3CCCC3)c3ccccc3S2)cc1OC. The second-order valence-corrected chi connectivity index (χ2v) is 8.71. The van der Waals surface area contributed by atoms with Crippen molar-refractivity contribution in [1.29, 1.82) is 0 Å². The zero-order valence-corrected chi connectivity index (χ0v) is 18.1. The van der Waals surface area contributed by atoms with Crippen molar-refractivity contribution in [1.82, 2.24) is 4.90 Å². The Balaban J connectivity index is 1.63. The van der Waals surface area contributed by atoms with Crippen LogP contribution in [0.1, 0.15) is 30.1 Å². The van der Waals surface area contributed by atoms with Gasteiger partial charge in [-0.15, -0.1) is 11.8 Å². The van der Waals surface area contributed by atoms with Crippen LogP contribution < -0.4 is 14.4 Å². The zero-order valence-electron chi connectivity index (χ0n) is 17.3. The second-order valence-electron chi connectivity index (χ2n) is 7.46. The van der Waals surface area contributed by atoms with E-state index in [9.17, 15) is 9.59 Å². The molecular formula is C23H26N2O4S. The van der Waals surface area contributed by atoms with Gasteiger partial charge in [-0.25, -0.2) is 0 Å². The van der Waals surface area contributed by atoms with Crippen LogP contribution >= 0.6 is 11.8 Å². The first-order valence-electron chi connectivity index (χ1n) is 10.2. The molecule has 0 aromatic heterocycles. The molecule has 30 heavy (non-hydrogen) atoms. The van der Waals surface area contributed by atoms with Crippen LogP contribution in [-0.4, -0.2) is 50.6 Å². The molecule has 1 saturated heterocycles. The topological polar surface area (TPSA) is 59.1 Å². The number of nitrogens with zero attached hydrogens (tertiary/aromatic N) is 2. The number of carbonyl (C=O) groups is 2. The normalized spacial score (nSPS) is 18.7. The van der Waals surface area contributed by atoms with Gasteiger partial charge in [0.05, 0.1) is 19.9 Å². The van der Waals surface area contributed by atoms with Crippen LogP contribution in [0.15, 0.2) is 47.4 Å². The number of anilines is 1. The number of benzene rings is 2. The first-order valence-corrected chi connectivity index (χ1v) is 11.0. The Bertz CT molecular complexity index is 943. The van der Waals surface area contributed by atoms with E-state index in [1.807, 2.05) is 47.4 Å². The number of hydrogen-bond donors (Lipinski definition) is 0. The van der Waals surface area contributed by atoms with E-state index in [1.54, 1.807) is 30.9 Å². The summed E-state index contributed by atoms with van der Waals surface area (Å²) in [5, 5.41) is -0.0784. The molecular weight excluding hydrogens is 400 g/mol. The van der Waals surface area contributed by atoms with E-state index in [4.69, 9.17) is 9.47 Å². The quantitative estimate of drug-likeness (QED) is 0.726. The molecule has 0 bridgehead atoms. The zero-order chi connectivity index (χ0) is 21.1. The van der Waals surface area contributed by atoms with Crippen molar-refractivity contribution in [2.75, 3.05) is 38.8 Å². The number of carbonyl (C=O) groups excluding carboxylic acids is 2. The van der Waals surface area contributed by atoms with Gasteiger partial charge in [0.1, 0.15) is 6.54 Å². The van der Waals surface area contributed by atoms with Crippen LogP contribution in [0.3, 0.4) is 0 Å². The van der Waals surface area contributed by atoms with Gasteiger partial charge in [0, 0.05) is 29.7 Å². The standard InChI is InChI=1S/C23H26N2O4S/c1-28-18-10-9-16(13-19(18)29-2)21-14-22(26)25(15-23(27)24-11-5-6-12-24)17-7-3-4-8-20(17)30-21/h3-4,7-10,13,21H,5-6,11-12,14-15H2,1-2H3. The molecule has 6 nitrogen and oxygen atoms in total. The minimum Gasteiger partial charge on any atom is -0.493 e. The molecule has 0 N–H and O–H groups in total. The number of methoxy groups -OCH3 is 2. The van der Waals surface area contributed by atoms with Crippen LogP contribution in [0.2, 0.25) is 0 Å². The molecule has 2 amide bonds. The number of para-hydroxylation sites is 1. The predicted molar refractivity (Wildman–Crippen MR) is 117 cm³/mol. The van der Waals surface area contributed by atoms with Gasteiger partial charge >= 0.3 is 0 Å².